The van der Waals surface area contributed by atoms with Crippen LogP contribution in [0.25, 0.3) is 0 Å². The van der Waals surface area contributed by atoms with Crippen LogP contribution in [0.4, 0.5) is 5.82 Å². The van der Waals surface area contributed by atoms with Gasteiger partial charge in [0.25, 0.3) is 0 Å². The van der Waals surface area contributed by atoms with Gasteiger partial charge in [-0.25, -0.2) is 4.98 Å². The van der Waals surface area contributed by atoms with E-state index in [-0.39, 0.29) is 18.9 Å². The third kappa shape index (κ3) is 2.42. The molecule has 1 unspecified atom stereocenters. The Bertz CT molecular complexity index is 475. The number of pyridine rings is 1. The molecule has 6 heteroatoms. The number of carbonyl (C=O) groups excluding carboxylic acids is 1. The molecule has 1 saturated heterocycles. The molecule has 6 nitrogen and oxygen atoms in total. The second-order valence-electron chi connectivity index (χ2n) is 4.03. The topological polar surface area (TPSA) is 79.7 Å². The molecule has 0 aliphatic carbocycles. The van der Waals surface area contributed by atoms with Crippen LogP contribution in [0.15, 0.2) is 18.3 Å². The molecule has 1 fully saturated rings. The highest BCUT2D eigenvalue weighted by atomic mass is 16.5. The van der Waals surface area contributed by atoms with Crippen molar-refractivity contribution < 1.29 is 19.4 Å². The van der Waals surface area contributed by atoms with Crippen molar-refractivity contribution in [1.29, 1.82) is 0 Å². The number of hydrogen-bond donors (Lipinski definition) is 1. The van der Waals surface area contributed by atoms with Crippen LogP contribution in [0.1, 0.15) is 13.3 Å². The summed E-state index contributed by atoms with van der Waals surface area (Å²) in [4.78, 5) is 28.1. The first-order valence-corrected chi connectivity index (χ1v) is 5.74. The first-order chi connectivity index (χ1) is 8.61. The number of aliphatic carboxylic acids is 1. The van der Waals surface area contributed by atoms with Gasteiger partial charge in [0.05, 0.1) is 12.5 Å². The van der Waals surface area contributed by atoms with Crippen molar-refractivity contribution in [3.8, 4) is 5.75 Å². The Kier molecular flexibility index (Phi) is 3.45. The van der Waals surface area contributed by atoms with Crippen LogP contribution >= 0.6 is 0 Å². The third-order valence-electron chi connectivity index (χ3n) is 2.78. The van der Waals surface area contributed by atoms with E-state index in [0.717, 1.165) is 0 Å². The lowest BCUT2D eigenvalue weighted by Gasteiger charge is -2.15. The Hall–Kier alpha value is -2.11. The van der Waals surface area contributed by atoms with E-state index in [4.69, 9.17) is 9.84 Å². The van der Waals surface area contributed by atoms with E-state index in [0.29, 0.717) is 18.2 Å². The summed E-state index contributed by atoms with van der Waals surface area (Å²) in [6, 6.07) is 3.34. The molecule has 0 radical (unpaired) electrons. The number of carboxylic acid groups (broad SMARTS) is 1. The molecule has 0 saturated carbocycles. The number of nitrogens with zero attached hydrogens (tertiary/aromatic N) is 2. The molecule has 0 spiro atoms. The van der Waals surface area contributed by atoms with Crippen LogP contribution in [0.5, 0.6) is 5.75 Å². The molecule has 1 aromatic heterocycles. The lowest BCUT2D eigenvalue weighted by Crippen LogP contribution is -2.26. The fourth-order valence-electron chi connectivity index (χ4n) is 1.90. The van der Waals surface area contributed by atoms with Gasteiger partial charge < -0.3 is 9.84 Å². The van der Waals surface area contributed by atoms with Crippen molar-refractivity contribution in [2.24, 2.45) is 5.92 Å². The first kappa shape index (κ1) is 12.3. The minimum atomic E-state index is -0.952. The van der Waals surface area contributed by atoms with Gasteiger partial charge in [-0.1, -0.05) is 0 Å². The minimum absolute atomic E-state index is 0.0237. The SMILES string of the molecule is CCOc1ccnc(N2CC(C(=O)O)CC2=O)c1. The van der Waals surface area contributed by atoms with E-state index in [1.165, 1.54) is 4.90 Å². The minimum Gasteiger partial charge on any atom is -0.494 e. The van der Waals surface area contributed by atoms with Crippen LogP contribution in [0, 0.1) is 5.92 Å². The number of amides is 1. The Balaban J connectivity index is 2.19. The monoisotopic (exact) mass is 250 g/mol. The van der Waals surface area contributed by atoms with Crippen molar-refractivity contribution in [3.63, 3.8) is 0 Å². The summed E-state index contributed by atoms with van der Waals surface area (Å²) < 4.78 is 5.32. The molecule has 1 atom stereocenters. The van der Waals surface area contributed by atoms with E-state index >= 15 is 0 Å². The highest BCUT2D eigenvalue weighted by Gasteiger charge is 2.35. The predicted octanol–water partition coefficient (Wildman–Crippen LogP) is 0.918. The number of aromatic nitrogens is 1. The molecule has 96 valence electrons. The number of anilines is 1. The van der Waals surface area contributed by atoms with Gasteiger partial charge in [0.1, 0.15) is 11.6 Å². The van der Waals surface area contributed by atoms with Crippen LogP contribution in [-0.4, -0.2) is 35.1 Å². The van der Waals surface area contributed by atoms with Gasteiger partial charge in [0.2, 0.25) is 5.91 Å². The van der Waals surface area contributed by atoms with Crippen LogP contribution < -0.4 is 9.64 Å². The van der Waals surface area contributed by atoms with Crippen LogP contribution in [0.2, 0.25) is 0 Å². The summed E-state index contributed by atoms with van der Waals surface area (Å²) >= 11 is 0. The maximum atomic E-state index is 11.7. The van der Waals surface area contributed by atoms with Gasteiger partial charge in [-0.3, -0.25) is 14.5 Å². The van der Waals surface area contributed by atoms with Crippen LogP contribution in [-0.2, 0) is 9.59 Å². The molecule has 1 amide bonds. The molecule has 0 bridgehead atoms. The second-order valence-corrected chi connectivity index (χ2v) is 4.03. The van der Waals surface area contributed by atoms with Crippen molar-refractivity contribution in [2.45, 2.75) is 13.3 Å². The number of carboxylic acids is 1. The molecule has 2 rings (SSSR count). The highest BCUT2D eigenvalue weighted by molar-refractivity contribution is 5.98. The number of ether oxygens (including phenoxy) is 1. The van der Waals surface area contributed by atoms with Gasteiger partial charge in [-0.05, 0) is 13.0 Å². The molecule has 1 aliphatic rings. The summed E-state index contributed by atoms with van der Waals surface area (Å²) in [6.07, 6.45) is 1.57. The fraction of sp³-hybridized carbons (Fsp3) is 0.417. The molecular weight excluding hydrogens is 236 g/mol. The maximum Gasteiger partial charge on any atom is 0.308 e. The van der Waals surface area contributed by atoms with Gasteiger partial charge in [0.15, 0.2) is 0 Å². The molecule has 18 heavy (non-hydrogen) atoms. The summed E-state index contributed by atoms with van der Waals surface area (Å²) in [7, 11) is 0. The van der Waals surface area contributed by atoms with E-state index in [1.807, 2.05) is 6.92 Å². The zero-order valence-electron chi connectivity index (χ0n) is 10.00. The zero-order valence-corrected chi connectivity index (χ0v) is 10.00. The van der Waals surface area contributed by atoms with E-state index in [2.05, 4.69) is 4.98 Å². The predicted molar refractivity (Wildman–Crippen MR) is 63.5 cm³/mol. The van der Waals surface area contributed by atoms with Gasteiger partial charge >= 0.3 is 5.97 Å². The normalized spacial score (nSPS) is 19.1. The average Bonchev–Trinajstić information content (AvgIpc) is 2.72. The summed E-state index contributed by atoms with van der Waals surface area (Å²) in [5, 5.41) is 8.91. The van der Waals surface area contributed by atoms with Gasteiger partial charge in [-0.2, -0.15) is 0 Å². The van der Waals surface area contributed by atoms with E-state index < -0.39 is 11.9 Å². The standard InChI is InChI=1S/C12H14N2O4/c1-2-18-9-3-4-13-10(6-9)14-7-8(12(16)17)5-11(14)15/h3-4,6,8H,2,5,7H2,1H3,(H,16,17). The Morgan fingerprint density at radius 1 is 1.67 bits per heavy atom. The van der Waals surface area contributed by atoms with E-state index in [9.17, 15) is 9.59 Å². The smallest absolute Gasteiger partial charge is 0.308 e. The van der Waals surface area contributed by atoms with Gasteiger partial charge in [0, 0.05) is 25.2 Å². The summed E-state index contributed by atoms with van der Waals surface area (Å²) in [6.45, 7) is 2.55. The highest BCUT2D eigenvalue weighted by Crippen LogP contribution is 2.26. The Labute approximate surface area is 104 Å². The number of rotatable bonds is 4. The third-order valence-corrected chi connectivity index (χ3v) is 2.78. The number of hydrogen-bond acceptors (Lipinski definition) is 4. The molecular formula is C12H14N2O4. The largest absolute Gasteiger partial charge is 0.494 e. The van der Waals surface area contributed by atoms with Crippen LogP contribution in [0.3, 0.4) is 0 Å². The molecule has 0 aromatic carbocycles. The van der Waals surface area contributed by atoms with Gasteiger partial charge in [-0.15, -0.1) is 0 Å². The fourth-order valence-corrected chi connectivity index (χ4v) is 1.90. The Morgan fingerprint density at radius 3 is 3.06 bits per heavy atom. The number of carbonyl (C=O) groups is 2. The first-order valence-electron chi connectivity index (χ1n) is 5.74. The lowest BCUT2D eigenvalue weighted by atomic mass is 10.1. The zero-order chi connectivity index (χ0) is 13.1. The Morgan fingerprint density at radius 2 is 2.44 bits per heavy atom. The van der Waals surface area contributed by atoms with Crippen molar-refractivity contribution in [2.75, 3.05) is 18.1 Å². The quantitative estimate of drug-likeness (QED) is 0.859. The summed E-state index contributed by atoms with van der Waals surface area (Å²) in [5.74, 6) is -0.769. The second kappa shape index (κ2) is 5.03. The summed E-state index contributed by atoms with van der Waals surface area (Å²) in [5.41, 5.74) is 0. The molecule has 1 aromatic rings. The molecule has 2 heterocycles. The van der Waals surface area contributed by atoms with Crippen molar-refractivity contribution in [1.82, 2.24) is 4.98 Å². The average molecular weight is 250 g/mol. The maximum absolute atomic E-state index is 11.7. The molecule has 1 N–H and O–H groups in total. The van der Waals surface area contributed by atoms with Crippen molar-refractivity contribution >= 4 is 17.7 Å². The van der Waals surface area contributed by atoms with E-state index in [1.54, 1.807) is 18.3 Å². The molecule has 1 aliphatic heterocycles. The van der Waals surface area contributed by atoms with Crippen molar-refractivity contribution in [3.05, 3.63) is 18.3 Å². The lowest BCUT2D eigenvalue weighted by molar-refractivity contribution is -0.141.